The fourth-order valence-electron chi connectivity index (χ4n) is 1.49. The van der Waals surface area contributed by atoms with Gasteiger partial charge < -0.3 is 9.47 Å². The van der Waals surface area contributed by atoms with Crippen molar-refractivity contribution in [3.63, 3.8) is 0 Å². The molecule has 1 heterocycles. The van der Waals surface area contributed by atoms with Crippen molar-refractivity contribution in [2.75, 3.05) is 5.32 Å². The maximum atomic E-state index is 11.6. The smallest absolute Gasteiger partial charge is 0.412 e. The molecule has 6 nitrogen and oxygen atoms in total. The van der Waals surface area contributed by atoms with Gasteiger partial charge in [0.25, 0.3) is 5.19 Å². The average Bonchev–Trinajstić information content (AvgIpc) is 2.86. The fourth-order valence-corrected chi connectivity index (χ4v) is 2.07. The lowest BCUT2D eigenvalue weighted by molar-refractivity contribution is 0.0636. The lowest BCUT2D eigenvalue weighted by Crippen LogP contribution is -2.27. The van der Waals surface area contributed by atoms with Gasteiger partial charge in [-0.25, -0.2) is 9.78 Å². The van der Waals surface area contributed by atoms with Gasteiger partial charge in [0.05, 0.1) is 6.20 Å². The number of aromatic nitrogens is 1. The number of thiazole rings is 1. The van der Waals surface area contributed by atoms with Gasteiger partial charge in [-0.2, -0.15) is 5.26 Å². The Balaban J connectivity index is 1.95. The van der Waals surface area contributed by atoms with E-state index < -0.39 is 11.7 Å². The Hall–Kier alpha value is -2.59. The van der Waals surface area contributed by atoms with E-state index in [2.05, 4.69) is 10.3 Å². The molecule has 7 heteroatoms. The largest absolute Gasteiger partial charge is 0.444 e. The molecule has 0 aliphatic heterocycles. The number of nitrogens with one attached hydrogen (secondary N) is 1. The number of nitrogens with zero attached hydrogens (tertiary/aromatic N) is 2. The number of nitriles is 1. The first kappa shape index (κ1) is 15.8. The summed E-state index contributed by atoms with van der Waals surface area (Å²) < 4.78 is 10.7. The standard InChI is InChI=1S/C15H15N3O3S/c1-15(2,3)21-13(19)18-10-4-6-11(7-5-10)20-14-17-9-12(8-16)22-14/h4-7,9H,1-3H3,(H,18,19). The highest BCUT2D eigenvalue weighted by molar-refractivity contribution is 7.13. The van der Waals surface area contributed by atoms with E-state index >= 15 is 0 Å². The van der Waals surface area contributed by atoms with Crippen LogP contribution < -0.4 is 10.1 Å². The Morgan fingerprint density at radius 2 is 2.00 bits per heavy atom. The Labute approximate surface area is 132 Å². The van der Waals surface area contributed by atoms with Crippen molar-refractivity contribution in [3.05, 3.63) is 35.3 Å². The van der Waals surface area contributed by atoms with Crippen LogP contribution in [0.25, 0.3) is 0 Å². The molecule has 0 aliphatic carbocycles. The quantitative estimate of drug-likeness (QED) is 0.919. The molecule has 0 fully saturated rings. The molecule has 0 spiro atoms. The first-order valence-electron chi connectivity index (χ1n) is 6.49. The molecule has 0 unspecified atom stereocenters. The van der Waals surface area contributed by atoms with Crippen LogP contribution in [0.1, 0.15) is 25.6 Å². The second-order valence-electron chi connectivity index (χ2n) is 5.36. The molecule has 114 valence electrons. The molecule has 1 amide bonds. The summed E-state index contributed by atoms with van der Waals surface area (Å²) in [5, 5.41) is 11.8. The second-order valence-corrected chi connectivity index (χ2v) is 6.35. The molecule has 0 saturated carbocycles. The molecule has 22 heavy (non-hydrogen) atoms. The number of carbonyl (C=O) groups is 1. The first-order valence-corrected chi connectivity index (χ1v) is 7.31. The highest BCUT2D eigenvalue weighted by atomic mass is 32.1. The summed E-state index contributed by atoms with van der Waals surface area (Å²) in [5.41, 5.74) is 0.0506. The molecular weight excluding hydrogens is 302 g/mol. The van der Waals surface area contributed by atoms with Crippen LogP contribution in [0.4, 0.5) is 10.5 Å². The Kier molecular flexibility index (Phi) is 4.63. The van der Waals surface area contributed by atoms with E-state index in [1.807, 2.05) is 6.07 Å². The third-order valence-corrected chi connectivity index (χ3v) is 3.08. The highest BCUT2D eigenvalue weighted by Gasteiger charge is 2.16. The highest BCUT2D eigenvalue weighted by Crippen LogP contribution is 2.27. The van der Waals surface area contributed by atoms with Crippen LogP contribution in [0, 0.1) is 11.3 Å². The normalized spacial score (nSPS) is 10.6. The van der Waals surface area contributed by atoms with Crippen LogP contribution in [0.5, 0.6) is 10.9 Å². The number of amides is 1. The van der Waals surface area contributed by atoms with E-state index in [1.54, 1.807) is 45.0 Å². The number of hydrogen-bond acceptors (Lipinski definition) is 6. The van der Waals surface area contributed by atoms with Crippen LogP contribution in [0.3, 0.4) is 0 Å². The van der Waals surface area contributed by atoms with Crippen molar-refractivity contribution in [1.29, 1.82) is 5.26 Å². The molecule has 0 atom stereocenters. The Morgan fingerprint density at radius 1 is 1.32 bits per heavy atom. The number of benzene rings is 1. The van der Waals surface area contributed by atoms with Crippen molar-refractivity contribution in [1.82, 2.24) is 4.98 Å². The lowest BCUT2D eigenvalue weighted by atomic mass is 10.2. The van der Waals surface area contributed by atoms with E-state index in [1.165, 1.54) is 6.20 Å². The van der Waals surface area contributed by atoms with Gasteiger partial charge in [-0.05, 0) is 45.0 Å². The lowest BCUT2D eigenvalue weighted by Gasteiger charge is -2.19. The molecule has 0 saturated heterocycles. The van der Waals surface area contributed by atoms with Crippen LogP contribution in [0.2, 0.25) is 0 Å². The second kappa shape index (κ2) is 6.45. The number of rotatable bonds is 3. The molecule has 0 aliphatic rings. The first-order chi connectivity index (χ1) is 10.4. The summed E-state index contributed by atoms with van der Waals surface area (Å²) in [7, 11) is 0. The summed E-state index contributed by atoms with van der Waals surface area (Å²) in [6.07, 6.45) is 0.943. The van der Waals surface area contributed by atoms with Gasteiger partial charge in [0.1, 0.15) is 22.3 Å². The number of ether oxygens (including phenoxy) is 2. The van der Waals surface area contributed by atoms with Crippen molar-refractivity contribution in [3.8, 4) is 17.0 Å². The van der Waals surface area contributed by atoms with E-state index in [0.717, 1.165) is 11.3 Å². The van der Waals surface area contributed by atoms with Gasteiger partial charge in [-0.3, -0.25) is 5.32 Å². The third kappa shape index (κ3) is 4.75. The van der Waals surface area contributed by atoms with Crippen LogP contribution >= 0.6 is 11.3 Å². The van der Waals surface area contributed by atoms with Crippen LogP contribution in [-0.4, -0.2) is 16.7 Å². The molecule has 0 radical (unpaired) electrons. The van der Waals surface area contributed by atoms with Crippen molar-refractivity contribution in [2.24, 2.45) is 0 Å². The molecule has 2 rings (SSSR count). The molecule has 2 aromatic rings. The van der Waals surface area contributed by atoms with E-state index in [4.69, 9.17) is 14.7 Å². The average molecular weight is 317 g/mol. The number of carbonyl (C=O) groups excluding carboxylic acids is 1. The van der Waals surface area contributed by atoms with Gasteiger partial charge >= 0.3 is 6.09 Å². The zero-order valence-corrected chi connectivity index (χ0v) is 13.2. The van der Waals surface area contributed by atoms with Gasteiger partial charge in [-0.1, -0.05) is 11.3 Å². The molecule has 0 bridgehead atoms. The summed E-state index contributed by atoms with van der Waals surface area (Å²) in [5.74, 6) is 0.563. The Morgan fingerprint density at radius 3 is 2.55 bits per heavy atom. The summed E-state index contributed by atoms with van der Waals surface area (Å²) in [4.78, 5) is 16.1. The molecular formula is C15H15N3O3S. The van der Waals surface area contributed by atoms with Gasteiger partial charge in [-0.15, -0.1) is 0 Å². The van der Waals surface area contributed by atoms with Crippen LogP contribution in [-0.2, 0) is 4.74 Å². The van der Waals surface area contributed by atoms with Crippen molar-refractivity contribution in [2.45, 2.75) is 26.4 Å². The minimum absolute atomic E-state index is 0.393. The minimum atomic E-state index is -0.545. The molecule has 1 aromatic heterocycles. The molecule has 1 N–H and O–H groups in total. The SMILES string of the molecule is CC(C)(C)OC(=O)Nc1ccc(Oc2ncc(C#N)s2)cc1. The van der Waals surface area contributed by atoms with Crippen molar-refractivity contribution >= 4 is 23.1 Å². The van der Waals surface area contributed by atoms with Gasteiger partial charge in [0, 0.05) is 5.69 Å². The third-order valence-electron chi connectivity index (χ3n) is 2.30. The predicted molar refractivity (Wildman–Crippen MR) is 83.2 cm³/mol. The van der Waals surface area contributed by atoms with E-state index in [0.29, 0.717) is 21.5 Å². The van der Waals surface area contributed by atoms with Gasteiger partial charge in [0.2, 0.25) is 0 Å². The zero-order valence-electron chi connectivity index (χ0n) is 12.4. The number of anilines is 1. The summed E-state index contributed by atoms with van der Waals surface area (Å²) in [6, 6.07) is 8.77. The monoisotopic (exact) mass is 317 g/mol. The number of hydrogen-bond donors (Lipinski definition) is 1. The summed E-state index contributed by atoms with van der Waals surface area (Å²) in [6.45, 7) is 5.40. The van der Waals surface area contributed by atoms with Crippen LogP contribution in [0.15, 0.2) is 30.5 Å². The molecule has 1 aromatic carbocycles. The Bertz CT molecular complexity index is 696. The van der Waals surface area contributed by atoms with E-state index in [-0.39, 0.29) is 0 Å². The maximum absolute atomic E-state index is 11.6. The van der Waals surface area contributed by atoms with Crippen molar-refractivity contribution < 1.29 is 14.3 Å². The minimum Gasteiger partial charge on any atom is -0.444 e. The van der Waals surface area contributed by atoms with E-state index in [9.17, 15) is 4.79 Å². The zero-order chi connectivity index (χ0) is 16.2. The fraction of sp³-hybridized carbons (Fsp3) is 0.267. The van der Waals surface area contributed by atoms with Gasteiger partial charge in [0.15, 0.2) is 0 Å². The topological polar surface area (TPSA) is 84.2 Å². The maximum Gasteiger partial charge on any atom is 0.412 e. The predicted octanol–water partition coefficient (Wildman–Crippen LogP) is 4.15. The summed E-state index contributed by atoms with van der Waals surface area (Å²) >= 11 is 1.16.